The molecule has 0 radical (unpaired) electrons. The van der Waals surface area contributed by atoms with Gasteiger partial charge in [0.25, 0.3) is 0 Å². The molecule has 8 aromatic carbocycles. The smallest absolute Gasteiger partial charge is 0.0714 e. The predicted octanol–water partition coefficient (Wildman–Crippen LogP) is 13.6. The van der Waals surface area contributed by atoms with Gasteiger partial charge in [0, 0.05) is 37.5 Å². The van der Waals surface area contributed by atoms with Crippen LogP contribution in [0.5, 0.6) is 0 Å². The van der Waals surface area contributed by atoms with Gasteiger partial charge in [-0.05, 0) is 84.4 Å². The molecule has 0 saturated heterocycles. The normalized spacial score (nSPS) is 11.7. The molecule has 0 saturated carbocycles. The Kier molecular flexibility index (Phi) is 6.43. The van der Waals surface area contributed by atoms with E-state index >= 15 is 0 Å². The molecule has 0 amide bonds. The number of benzene rings is 8. The third-order valence-corrected chi connectivity index (χ3v) is 11.0. The highest BCUT2D eigenvalue weighted by molar-refractivity contribution is 7.26. The summed E-state index contributed by atoms with van der Waals surface area (Å²) in [5, 5.41) is 10.1. The van der Waals surface area contributed by atoms with Crippen molar-refractivity contribution < 1.29 is 0 Å². The van der Waals surface area contributed by atoms with E-state index in [-0.39, 0.29) is 0 Å². The number of thiophene rings is 1. The highest BCUT2D eigenvalue weighted by Gasteiger charge is 2.18. The van der Waals surface area contributed by atoms with Crippen LogP contribution < -0.4 is 0 Å². The molecule has 49 heavy (non-hydrogen) atoms. The largest absolute Gasteiger partial charge is 0.256 e. The summed E-state index contributed by atoms with van der Waals surface area (Å²) in [6.07, 6.45) is 2.06. The summed E-state index contributed by atoms with van der Waals surface area (Å²) < 4.78 is 2.62. The Balaban J connectivity index is 1.13. The van der Waals surface area contributed by atoms with Crippen LogP contribution in [0.15, 0.2) is 176 Å². The first-order chi connectivity index (χ1) is 24.3. The second kappa shape index (κ2) is 11.3. The second-order valence-electron chi connectivity index (χ2n) is 12.7. The van der Waals surface area contributed by atoms with E-state index in [4.69, 9.17) is 4.98 Å². The highest BCUT2D eigenvalue weighted by Crippen LogP contribution is 2.45. The summed E-state index contributed by atoms with van der Waals surface area (Å²) in [5.74, 6) is 0. The van der Waals surface area contributed by atoms with Gasteiger partial charge in [-0.2, -0.15) is 0 Å². The first kappa shape index (κ1) is 28.0. The van der Waals surface area contributed by atoms with Gasteiger partial charge in [-0.3, -0.25) is 4.98 Å². The summed E-state index contributed by atoms with van der Waals surface area (Å²) in [6, 6.07) is 61.6. The minimum Gasteiger partial charge on any atom is -0.256 e. The number of hydrogen-bond donors (Lipinski definition) is 0. The average molecular weight is 640 g/mol. The van der Waals surface area contributed by atoms with E-state index in [9.17, 15) is 0 Å². The summed E-state index contributed by atoms with van der Waals surface area (Å²) in [5.41, 5.74) is 9.43. The van der Waals surface area contributed by atoms with Crippen molar-refractivity contribution in [1.29, 1.82) is 0 Å². The van der Waals surface area contributed by atoms with Crippen molar-refractivity contribution in [1.82, 2.24) is 4.98 Å². The van der Waals surface area contributed by atoms with Crippen molar-refractivity contribution in [2.24, 2.45) is 0 Å². The summed E-state index contributed by atoms with van der Waals surface area (Å²) in [7, 11) is 0. The Morgan fingerprint density at radius 1 is 0.367 bits per heavy atom. The fourth-order valence-corrected chi connectivity index (χ4v) is 8.79. The van der Waals surface area contributed by atoms with Crippen molar-refractivity contribution in [3.63, 3.8) is 0 Å². The van der Waals surface area contributed by atoms with Crippen molar-refractivity contribution in [3.8, 4) is 44.6 Å². The zero-order valence-corrected chi connectivity index (χ0v) is 27.4. The fraction of sp³-hybridized carbons (Fsp3) is 0. The SMILES string of the molecule is c1ccc(-c2ccc(-c3c4ccccc4c(-c4ccc(-c5cccc6sc7cc8ccccc8cc7c56)cn4)c4ccccc34)cc2)cc1. The zero-order chi connectivity index (χ0) is 32.3. The number of nitrogens with zero attached hydrogens (tertiary/aromatic N) is 1. The molecule has 10 rings (SSSR count). The van der Waals surface area contributed by atoms with Gasteiger partial charge in [-0.15, -0.1) is 11.3 Å². The molecule has 0 unspecified atom stereocenters. The predicted molar refractivity (Wildman–Crippen MR) is 211 cm³/mol. The maximum Gasteiger partial charge on any atom is 0.0714 e. The summed E-state index contributed by atoms with van der Waals surface area (Å²) in [4.78, 5) is 5.20. The Morgan fingerprint density at radius 3 is 1.61 bits per heavy atom. The van der Waals surface area contributed by atoms with Gasteiger partial charge in [-0.25, -0.2) is 0 Å². The molecule has 0 aliphatic carbocycles. The Morgan fingerprint density at radius 2 is 0.939 bits per heavy atom. The molecule has 0 fully saturated rings. The fourth-order valence-electron chi connectivity index (χ4n) is 7.63. The lowest BCUT2D eigenvalue weighted by atomic mass is 9.86. The van der Waals surface area contributed by atoms with Gasteiger partial charge in [-0.1, -0.05) is 146 Å². The van der Waals surface area contributed by atoms with Gasteiger partial charge < -0.3 is 0 Å². The topological polar surface area (TPSA) is 12.9 Å². The maximum absolute atomic E-state index is 5.20. The maximum atomic E-state index is 5.20. The van der Waals surface area contributed by atoms with E-state index in [1.54, 1.807) is 0 Å². The Bertz CT molecular complexity index is 2790. The summed E-state index contributed by atoms with van der Waals surface area (Å²) in [6.45, 7) is 0. The molecule has 10 aromatic rings. The van der Waals surface area contributed by atoms with Crippen molar-refractivity contribution >= 4 is 63.8 Å². The van der Waals surface area contributed by atoms with E-state index in [0.29, 0.717) is 0 Å². The quantitative estimate of drug-likeness (QED) is 0.175. The van der Waals surface area contributed by atoms with Crippen LogP contribution in [0.25, 0.3) is 97.1 Å². The van der Waals surface area contributed by atoms with Crippen molar-refractivity contribution in [2.45, 2.75) is 0 Å². The molecule has 0 aliphatic heterocycles. The molecule has 1 nitrogen and oxygen atoms in total. The second-order valence-corrected chi connectivity index (χ2v) is 13.8. The monoisotopic (exact) mass is 639 g/mol. The number of aromatic nitrogens is 1. The highest BCUT2D eigenvalue weighted by atomic mass is 32.1. The molecule has 228 valence electrons. The number of fused-ring (bicyclic) bond motifs is 6. The standard InChI is InChI=1S/C47H29NS/c1-2-11-30(12-3-1)31-21-23-32(24-22-31)45-37-15-6-8-17-39(37)46(40-18-9-7-16-38(40)45)42-26-25-35(29-48-42)36-19-10-20-43-47(36)41-27-33-13-4-5-14-34(33)28-44(41)49-43/h1-29H. The van der Waals surface area contributed by atoms with Gasteiger partial charge in [0.1, 0.15) is 0 Å². The zero-order valence-electron chi connectivity index (χ0n) is 26.6. The Hall–Kier alpha value is -6.09. The lowest BCUT2D eigenvalue weighted by Gasteiger charge is -2.17. The minimum absolute atomic E-state index is 0.982. The van der Waals surface area contributed by atoms with Crippen LogP contribution in [-0.2, 0) is 0 Å². The molecule has 0 aliphatic rings. The van der Waals surface area contributed by atoms with Gasteiger partial charge in [0.05, 0.1) is 5.69 Å². The molecular formula is C47H29NS. The van der Waals surface area contributed by atoms with Crippen molar-refractivity contribution in [2.75, 3.05) is 0 Å². The van der Waals surface area contributed by atoms with Crippen LogP contribution in [0.2, 0.25) is 0 Å². The van der Waals surface area contributed by atoms with E-state index in [1.165, 1.54) is 85.9 Å². The van der Waals surface area contributed by atoms with E-state index in [2.05, 4.69) is 176 Å². The minimum atomic E-state index is 0.982. The molecule has 0 bridgehead atoms. The molecule has 2 aromatic heterocycles. The molecule has 2 heterocycles. The van der Waals surface area contributed by atoms with Crippen molar-refractivity contribution in [3.05, 3.63) is 176 Å². The van der Waals surface area contributed by atoms with Crippen LogP contribution >= 0.6 is 11.3 Å². The van der Waals surface area contributed by atoms with Crippen LogP contribution in [-0.4, -0.2) is 4.98 Å². The summed E-state index contributed by atoms with van der Waals surface area (Å²) >= 11 is 1.87. The van der Waals surface area contributed by atoms with E-state index in [0.717, 1.165) is 11.3 Å². The molecule has 0 spiro atoms. The number of rotatable bonds is 4. The first-order valence-corrected chi connectivity index (χ1v) is 17.5. The molecule has 0 atom stereocenters. The van der Waals surface area contributed by atoms with E-state index in [1.807, 2.05) is 11.3 Å². The van der Waals surface area contributed by atoms with Crippen LogP contribution in [0.4, 0.5) is 0 Å². The lowest BCUT2D eigenvalue weighted by Crippen LogP contribution is -1.93. The average Bonchev–Trinajstić information content (AvgIpc) is 3.54. The van der Waals surface area contributed by atoms with Gasteiger partial charge >= 0.3 is 0 Å². The molecular weight excluding hydrogens is 611 g/mol. The van der Waals surface area contributed by atoms with Gasteiger partial charge in [0.15, 0.2) is 0 Å². The number of pyridine rings is 1. The molecule has 0 N–H and O–H groups in total. The number of hydrogen-bond acceptors (Lipinski definition) is 2. The Labute approximate surface area is 288 Å². The van der Waals surface area contributed by atoms with Crippen LogP contribution in [0.3, 0.4) is 0 Å². The van der Waals surface area contributed by atoms with E-state index < -0.39 is 0 Å². The molecule has 2 heteroatoms. The third-order valence-electron chi connectivity index (χ3n) is 9.91. The first-order valence-electron chi connectivity index (χ1n) is 16.7. The third kappa shape index (κ3) is 4.57. The lowest BCUT2D eigenvalue weighted by molar-refractivity contribution is 1.34. The van der Waals surface area contributed by atoms with Crippen LogP contribution in [0, 0.1) is 0 Å². The van der Waals surface area contributed by atoms with Crippen LogP contribution in [0.1, 0.15) is 0 Å². The van der Waals surface area contributed by atoms with Gasteiger partial charge in [0.2, 0.25) is 0 Å².